The molecule has 1 aliphatic heterocycles. The molecule has 0 aliphatic carbocycles. The number of carbonyl (C=O) groups is 1. The lowest BCUT2D eigenvalue weighted by Gasteiger charge is -2.27. The van der Waals surface area contributed by atoms with Crippen LogP contribution >= 0.6 is 0 Å². The summed E-state index contributed by atoms with van der Waals surface area (Å²) in [5.41, 5.74) is 3.02. The predicted molar refractivity (Wildman–Crippen MR) is 110 cm³/mol. The lowest BCUT2D eigenvalue weighted by molar-refractivity contribution is 0.0697. The third-order valence-electron chi connectivity index (χ3n) is 5.31. The van der Waals surface area contributed by atoms with Crippen molar-refractivity contribution in [2.24, 2.45) is 4.99 Å². The Balaban J connectivity index is 1.88. The first-order valence-electron chi connectivity index (χ1n) is 9.43. The molecule has 1 aliphatic rings. The van der Waals surface area contributed by atoms with Crippen LogP contribution < -0.4 is 0 Å². The van der Waals surface area contributed by atoms with Crippen LogP contribution in [-0.2, 0) is 0 Å². The SMILES string of the molecule is CN1CCC(N=C(c2ccccc2)c2c(O)[nH]c3ccc(C(=O)O)cc23)CC1. The number of aromatic amines is 1. The summed E-state index contributed by atoms with van der Waals surface area (Å²) in [5, 5.41) is 20.7. The minimum Gasteiger partial charge on any atom is -0.494 e. The Kier molecular flexibility index (Phi) is 4.88. The second kappa shape index (κ2) is 7.48. The number of nitrogens with zero attached hydrogens (tertiary/aromatic N) is 2. The Morgan fingerprint density at radius 1 is 1.11 bits per heavy atom. The van der Waals surface area contributed by atoms with Crippen LogP contribution in [0.1, 0.15) is 34.3 Å². The molecule has 0 amide bonds. The van der Waals surface area contributed by atoms with Gasteiger partial charge in [0.15, 0.2) is 5.88 Å². The van der Waals surface area contributed by atoms with Crippen molar-refractivity contribution >= 4 is 22.6 Å². The van der Waals surface area contributed by atoms with Gasteiger partial charge in [-0.1, -0.05) is 30.3 Å². The topological polar surface area (TPSA) is 88.9 Å². The van der Waals surface area contributed by atoms with E-state index in [1.807, 2.05) is 30.3 Å². The molecule has 1 fully saturated rings. The molecule has 28 heavy (non-hydrogen) atoms. The fourth-order valence-electron chi connectivity index (χ4n) is 3.74. The van der Waals surface area contributed by atoms with E-state index in [0.717, 1.165) is 31.5 Å². The van der Waals surface area contributed by atoms with Crippen LogP contribution in [0.3, 0.4) is 0 Å². The van der Waals surface area contributed by atoms with Crippen LogP contribution in [-0.4, -0.2) is 58.0 Å². The number of carboxylic acid groups (broad SMARTS) is 1. The summed E-state index contributed by atoms with van der Waals surface area (Å²) in [6.45, 7) is 1.97. The molecule has 1 saturated heterocycles. The number of aliphatic imine (C=N–C) groups is 1. The van der Waals surface area contributed by atoms with Gasteiger partial charge in [-0.3, -0.25) is 4.99 Å². The summed E-state index contributed by atoms with van der Waals surface area (Å²) in [6.07, 6.45) is 1.91. The van der Waals surface area contributed by atoms with Crippen molar-refractivity contribution < 1.29 is 15.0 Å². The van der Waals surface area contributed by atoms with E-state index in [1.165, 1.54) is 6.07 Å². The fourth-order valence-corrected chi connectivity index (χ4v) is 3.74. The van der Waals surface area contributed by atoms with Crippen LogP contribution in [0.5, 0.6) is 5.88 Å². The zero-order valence-corrected chi connectivity index (χ0v) is 15.7. The fraction of sp³-hybridized carbons (Fsp3) is 0.273. The van der Waals surface area contributed by atoms with Crippen molar-refractivity contribution in [3.8, 4) is 5.88 Å². The Labute approximate surface area is 163 Å². The van der Waals surface area contributed by atoms with Crippen molar-refractivity contribution in [3.63, 3.8) is 0 Å². The molecule has 1 aromatic heterocycles. The maximum atomic E-state index is 11.4. The quantitative estimate of drug-likeness (QED) is 0.607. The number of hydrogen-bond acceptors (Lipinski definition) is 4. The predicted octanol–water partition coefficient (Wildman–Crippen LogP) is 3.50. The van der Waals surface area contributed by atoms with E-state index < -0.39 is 5.97 Å². The van der Waals surface area contributed by atoms with Crippen LogP contribution in [0.2, 0.25) is 0 Å². The molecule has 3 aromatic rings. The first kappa shape index (κ1) is 18.3. The highest BCUT2D eigenvalue weighted by Crippen LogP contribution is 2.31. The summed E-state index contributed by atoms with van der Waals surface area (Å²) in [4.78, 5) is 21.7. The van der Waals surface area contributed by atoms with Crippen LogP contribution in [0.25, 0.3) is 10.9 Å². The van der Waals surface area contributed by atoms with E-state index in [0.29, 0.717) is 22.2 Å². The Hall–Kier alpha value is -3.12. The number of piperidine rings is 1. The second-order valence-electron chi connectivity index (χ2n) is 7.29. The van der Waals surface area contributed by atoms with Gasteiger partial charge in [-0.05, 0) is 51.2 Å². The number of rotatable bonds is 4. The van der Waals surface area contributed by atoms with Gasteiger partial charge in [0.1, 0.15) is 0 Å². The third-order valence-corrected chi connectivity index (χ3v) is 5.31. The van der Waals surface area contributed by atoms with Crippen molar-refractivity contribution in [2.45, 2.75) is 18.9 Å². The van der Waals surface area contributed by atoms with Crippen molar-refractivity contribution in [2.75, 3.05) is 20.1 Å². The van der Waals surface area contributed by atoms with Gasteiger partial charge in [-0.2, -0.15) is 0 Å². The standard InChI is InChI=1S/C22H23N3O3/c1-25-11-9-16(10-12-25)23-20(14-5-3-2-4-6-14)19-17-13-15(22(27)28)7-8-18(17)24-21(19)26/h2-8,13,16,24,26H,9-12H2,1H3,(H,27,28). The molecular weight excluding hydrogens is 354 g/mol. The van der Waals surface area contributed by atoms with E-state index in [2.05, 4.69) is 16.9 Å². The molecule has 0 radical (unpaired) electrons. The number of H-pyrrole nitrogens is 1. The molecule has 0 atom stereocenters. The number of aromatic hydroxyl groups is 1. The molecule has 4 rings (SSSR count). The molecule has 0 spiro atoms. The van der Waals surface area contributed by atoms with Crippen LogP contribution in [0.4, 0.5) is 0 Å². The van der Waals surface area contributed by atoms with Crippen molar-refractivity contribution in [3.05, 3.63) is 65.2 Å². The maximum absolute atomic E-state index is 11.4. The minimum atomic E-state index is -0.998. The van der Waals surface area contributed by atoms with E-state index >= 15 is 0 Å². The number of hydrogen-bond donors (Lipinski definition) is 3. The number of fused-ring (bicyclic) bond motifs is 1. The van der Waals surface area contributed by atoms with E-state index in [9.17, 15) is 15.0 Å². The molecule has 144 valence electrons. The number of nitrogens with one attached hydrogen (secondary N) is 1. The Morgan fingerprint density at radius 2 is 1.82 bits per heavy atom. The number of aromatic nitrogens is 1. The van der Waals surface area contributed by atoms with Gasteiger partial charge in [-0.25, -0.2) is 4.79 Å². The summed E-state index contributed by atoms with van der Waals surface area (Å²) in [7, 11) is 2.11. The zero-order valence-electron chi connectivity index (χ0n) is 15.7. The Morgan fingerprint density at radius 3 is 2.50 bits per heavy atom. The highest BCUT2D eigenvalue weighted by Gasteiger charge is 2.22. The van der Waals surface area contributed by atoms with Gasteiger partial charge < -0.3 is 20.1 Å². The first-order chi connectivity index (χ1) is 13.5. The van der Waals surface area contributed by atoms with E-state index in [1.54, 1.807) is 12.1 Å². The Bertz CT molecular complexity index is 1030. The molecule has 6 heteroatoms. The number of likely N-dealkylation sites (tertiary alicyclic amines) is 1. The van der Waals surface area contributed by atoms with Gasteiger partial charge in [0, 0.05) is 16.5 Å². The van der Waals surface area contributed by atoms with Crippen molar-refractivity contribution in [1.29, 1.82) is 0 Å². The summed E-state index contributed by atoms with van der Waals surface area (Å²) < 4.78 is 0. The lowest BCUT2D eigenvalue weighted by atomic mass is 9.98. The highest BCUT2D eigenvalue weighted by molar-refractivity contribution is 6.21. The lowest BCUT2D eigenvalue weighted by Crippen LogP contribution is -2.32. The third kappa shape index (κ3) is 3.51. The zero-order chi connectivity index (χ0) is 19.7. The summed E-state index contributed by atoms with van der Waals surface area (Å²) in [6, 6.07) is 14.7. The highest BCUT2D eigenvalue weighted by atomic mass is 16.4. The number of benzene rings is 2. The minimum absolute atomic E-state index is 0.00747. The smallest absolute Gasteiger partial charge is 0.335 e. The second-order valence-corrected chi connectivity index (χ2v) is 7.29. The van der Waals surface area contributed by atoms with Gasteiger partial charge in [-0.15, -0.1) is 0 Å². The van der Waals surface area contributed by atoms with Gasteiger partial charge in [0.2, 0.25) is 0 Å². The molecule has 6 nitrogen and oxygen atoms in total. The normalized spacial score (nSPS) is 16.5. The van der Waals surface area contributed by atoms with E-state index in [4.69, 9.17) is 4.99 Å². The molecule has 0 saturated carbocycles. The average molecular weight is 377 g/mol. The number of aromatic carboxylic acids is 1. The molecule has 0 unspecified atom stereocenters. The van der Waals surface area contributed by atoms with E-state index in [-0.39, 0.29) is 17.5 Å². The van der Waals surface area contributed by atoms with Crippen LogP contribution in [0.15, 0.2) is 53.5 Å². The average Bonchev–Trinajstić information content (AvgIpc) is 3.03. The molecule has 2 aromatic carbocycles. The monoisotopic (exact) mass is 377 g/mol. The first-order valence-corrected chi connectivity index (χ1v) is 9.43. The molecule has 0 bridgehead atoms. The summed E-state index contributed by atoms with van der Waals surface area (Å²) >= 11 is 0. The van der Waals surface area contributed by atoms with Gasteiger partial charge >= 0.3 is 5.97 Å². The largest absolute Gasteiger partial charge is 0.494 e. The van der Waals surface area contributed by atoms with Crippen molar-refractivity contribution in [1.82, 2.24) is 9.88 Å². The maximum Gasteiger partial charge on any atom is 0.335 e. The van der Waals surface area contributed by atoms with Gasteiger partial charge in [0.05, 0.1) is 22.9 Å². The summed E-state index contributed by atoms with van der Waals surface area (Å²) in [5.74, 6) is -0.991. The van der Waals surface area contributed by atoms with Crippen LogP contribution in [0, 0.1) is 0 Å². The molecule has 3 N–H and O–H groups in total. The van der Waals surface area contributed by atoms with Gasteiger partial charge in [0.25, 0.3) is 0 Å². The molecule has 2 heterocycles. The molecular formula is C22H23N3O3. The number of carboxylic acids is 1.